The molecule has 0 N–H and O–H groups in total. The molecule has 0 atom stereocenters. The van der Waals surface area contributed by atoms with Gasteiger partial charge in [0.15, 0.2) is 0 Å². The monoisotopic (exact) mass is 182 g/mol. The lowest BCUT2D eigenvalue weighted by atomic mass is 10.1. The van der Waals surface area contributed by atoms with Crippen LogP contribution in [0.5, 0.6) is 0 Å². The Hall–Kier alpha value is -0.780. The van der Waals surface area contributed by atoms with E-state index in [0.29, 0.717) is 0 Å². The molecule has 0 nitrogen and oxygen atoms in total. The van der Waals surface area contributed by atoms with Crippen LogP contribution in [-0.4, -0.2) is 0 Å². The van der Waals surface area contributed by atoms with Crippen molar-refractivity contribution in [2.45, 2.75) is 48.5 Å². The van der Waals surface area contributed by atoms with Crippen LogP contribution in [0.3, 0.4) is 0 Å². The van der Waals surface area contributed by atoms with Crippen molar-refractivity contribution in [3.05, 3.63) is 36.0 Å². The minimum Gasteiger partial charge on any atom is -0.0988 e. The molecule has 0 amide bonds. The van der Waals surface area contributed by atoms with Gasteiger partial charge in [-0.25, -0.2) is 0 Å². The highest BCUT2D eigenvalue weighted by molar-refractivity contribution is 5.33. The lowest BCUT2D eigenvalue weighted by Gasteiger charge is -2.00. The molecule has 13 heavy (non-hydrogen) atoms. The van der Waals surface area contributed by atoms with E-state index >= 15 is 0 Å². The average Bonchev–Trinajstić information content (AvgIpc) is 2.21. The number of hydrogen-bond acceptors (Lipinski definition) is 0. The molecule has 0 aliphatic heterocycles. The molecule has 0 rings (SSSR count). The Balaban J connectivity index is -0.000000218. The Morgan fingerprint density at radius 3 is 1.31 bits per heavy atom. The normalized spacial score (nSPS) is 9.46. The standard InChI is InChI=1S/C9H14.2C2H6/c1-6-8(4)9(5)7(2)3;2*1-2/h6H,1-2H2,3-5H3;2*1-2H3/b9-8-;;. The van der Waals surface area contributed by atoms with E-state index < -0.39 is 0 Å². The molecule has 0 fully saturated rings. The molecule has 0 bridgehead atoms. The van der Waals surface area contributed by atoms with Crippen LogP contribution in [0.4, 0.5) is 0 Å². The molecule has 0 heterocycles. The molecule has 0 aromatic carbocycles. The van der Waals surface area contributed by atoms with E-state index in [1.807, 2.05) is 47.6 Å². The first-order valence-electron chi connectivity index (χ1n) is 5.05. The van der Waals surface area contributed by atoms with Gasteiger partial charge in [0.2, 0.25) is 0 Å². The fraction of sp³-hybridized carbons (Fsp3) is 0.538. The summed E-state index contributed by atoms with van der Waals surface area (Å²) in [5.74, 6) is 0. The fourth-order valence-corrected chi connectivity index (χ4v) is 0.490. The first kappa shape index (κ1) is 18.1. The van der Waals surface area contributed by atoms with Crippen LogP contribution in [0.1, 0.15) is 48.5 Å². The zero-order valence-corrected chi connectivity index (χ0v) is 10.5. The summed E-state index contributed by atoms with van der Waals surface area (Å²) in [7, 11) is 0. The van der Waals surface area contributed by atoms with Gasteiger partial charge >= 0.3 is 0 Å². The Bertz CT molecular complexity index is 159. The van der Waals surface area contributed by atoms with Crippen molar-refractivity contribution in [1.82, 2.24) is 0 Å². The summed E-state index contributed by atoms with van der Waals surface area (Å²) < 4.78 is 0. The summed E-state index contributed by atoms with van der Waals surface area (Å²) in [4.78, 5) is 0. The maximum Gasteiger partial charge on any atom is -0.0393 e. The summed E-state index contributed by atoms with van der Waals surface area (Å²) in [5, 5.41) is 0. The van der Waals surface area contributed by atoms with E-state index in [0.717, 1.165) is 5.57 Å². The molecule has 0 saturated carbocycles. The second-order valence-electron chi connectivity index (χ2n) is 2.29. The van der Waals surface area contributed by atoms with Crippen LogP contribution in [0.2, 0.25) is 0 Å². The summed E-state index contributed by atoms with van der Waals surface area (Å²) in [5.41, 5.74) is 3.57. The van der Waals surface area contributed by atoms with Crippen LogP contribution >= 0.6 is 0 Å². The van der Waals surface area contributed by atoms with E-state index in [2.05, 4.69) is 20.1 Å². The van der Waals surface area contributed by atoms with Crippen molar-refractivity contribution in [3.63, 3.8) is 0 Å². The zero-order valence-electron chi connectivity index (χ0n) is 10.5. The van der Waals surface area contributed by atoms with Gasteiger partial charge in [0.25, 0.3) is 0 Å². The molecule has 78 valence electrons. The van der Waals surface area contributed by atoms with Gasteiger partial charge in [-0.2, -0.15) is 0 Å². The molecule has 0 aliphatic rings. The van der Waals surface area contributed by atoms with Gasteiger partial charge in [0.1, 0.15) is 0 Å². The van der Waals surface area contributed by atoms with Crippen LogP contribution < -0.4 is 0 Å². The zero-order chi connectivity index (χ0) is 11.4. The van der Waals surface area contributed by atoms with Crippen molar-refractivity contribution in [2.75, 3.05) is 0 Å². The molecule has 0 radical (unpaired) electrons. The maximum absolute atomic E-state index is 3.82. The summed E-state index contributed by atoms with van der Waals surface area (Å²) in [6, 6.07) is 0. The first-order valence-corrected chi connectivity index (χ1v) is 5.05. The third-order valence-corrected chi connectivity index (χ3v) is 1.54. The quantitative estimate of drug-likeness (QED) is 0.519. The molecule has 0 aromatic heterocycles. The summed E-state index contributed by atoms with van der Waals surface area (Å²) in [6.45, 7) is 21.6. The van der Waals surface area contributed by atoms with Gasteiger partial charge in [-0.1, -0.05) is 52.5 Å². The average molecular weight is 182 g/mol. The molecule has 0 unspecified atom stereocenters. The van der Waals surface area contributed by atoms with Crippen molar-refractivity contribution < 1.29 is 0 Å². The Labute approximate surface area is 85.1 Å². The summed E-state index contributed by atoms with van der Waals surface area (Å²) >= 11 is 0. The van der Waals surface area contributed by atoms with Crippen molar-refractivity contribution in [1.29, 1.82) is 0 Å². The lowest BCUT2D eigenvalue weighted by Crippen LogP contribution is -1.80. The van der Waals surface area contributed by atoms with E-state index in [4.69, 9.17) is 0 Å². The van der Waals surface area contributed by atoms with Gasteiger partial charge in [-0.15, -0.1) is 0 Å². The smallest absolute Gasteiger partial charge is 0.0393 e. The van der Waals surface area contributed by atoms with Gasteiger partial charge in [0, 0.05) is 0 Å². The number of hydrogen-bond donors (Lipinski definition) is 0. The van der Waals surface area contributed by atoms with Crippen LogP contribution in [0, 0.1) is 0 Å². The second kappa shape index (κ2) is 13.8. The SMILES string of the molecule is C=C/C(C)=C(/C)C(=C)C.CC.CC. The fourth-order valence-electron chi connectivity index (χ4n) is 0.490. The predicted molar refractivity (Wildman–Crippen MR) is 66.1 cm³/mol. The van der Waals surface area contributed by atoms with E-state index in [-0.39, 0.29) is 0 Å². The molecular formula is C13H26. The van der Waals surface area contributed by atoms with Crippen molar-refractivity contribution in [3.8, 4) is 0 Å². The number of rotatable bonds is 2. The molecule has 0 heteroatoms. The Morgan fingerprint density at radius 2 is 1.23 bits per heavy atom. The molecule has 0 saturated heterocycles. The van der Waals surface area contributed by atoms with Crippen LogP contribution in [-0.2, 0) is 0 Å². The Kier molecular flexibility index (Phi) is 19.2. The highest BCUT2D eigenvalue weighted by atomic mass is 14.0. The van der Waals surface area contributed by atoms with Gasteiger partial charge in [0.05, 0.1) is 0 Å². The predicted octanol–water partition coefficient (Wildman–Crippen LogP) is 5.14. The second-order valence-corrected chi connectivity index (χ2v) is 2.29. The molecule has 0 aliphatic carbocycles. The largest absolute Gasteiger partial charge is 0.0988 e. The minimum atomic E-state index is 1.12. The van der Waals surface area contributed by atoms with Crippen LogP contribution in [0.15, 0.2) is 36.0 Å². The molecule has 0 spiro atoms. The van der Waals surface area contributed by atoms with Gasteiger partial charge in [-0.05, 0) is 31.9 Å². The van der Waals surface area contributed by atoms with E-state index in [9.17, 15) is 0 Å². The first-order chi connectivity index (χ1) is 6.09. The minimum absolute atomic E-state index is 1.12. The molecule has 0 aromatic rings. The highest BCUT2D eigenvalue weighted by Crippen LogP contribution is 2.11. The third-order valence-electron chi connectivity index (χ3n) is 1.54. The van der Waals surface area contributed by atoms with Gasteiger partial charge in [-0.3, -0.25) is 0 Å². The number of allylic oxidation sites excluding steroid dienone is 4. The molecular weight excluding hydrogens is 156 g/mol. The van der Waals surface area contributed by atoms with Gasteiger partial charge < -0.3 is 0 Å². The highest BCUT2D eigenvalue weighted by Gasteiger charge is 1.90. The van der Waals surface area contributed by atoms with E-state index in [1.54, 1.807) is 0 Å². The summed E-state index contributed by atoms with van der Waals surface area (Å²) in [6.07, 6.45) is 1.85. The van der Waals surface area contributed by atoms with Crippen molar-refractivity contribution >= 4 is 0 Å². The lowest BCUT2D eigenvalue weighted by molar-refractivity contribution is 1.29. The van der Waals surface area contributed by atoms with Crippen molar-refractivity contribution in [2.24, 2.45) is 0 Å². The Morgan fingerprint density at radius 1 is 0.923 bits per heavy atom. The van der Waals surface area contributed by atoms with E-state index in [1.165, 1.54) is 11.1 Å². The van der Waals surface area contributed by atoms with Crippen LogP contribution in [0.25, 0.3) is 0 Å². The topological polar surface area (TPSA) is 0 Å². The third kappa shape index (κ3) is 11.2. The maximum atomic E-state index is 3.82.